The quantitative estimate of drug-likeness (QED) is 0.506. The summed E-state index contributed by atoms with van der Waals surface area (Å²) in [5.41, 5.74) is 7.20. The highest BCUT2D eigenvalue weighted by Crippen LogP contribution is 2.24. The molecule has 0 aliphatic rings. The molecule has 120 valence electrons. The maximum absolute atomic E-state index is 2.24. The number of benzene rings is 1. The molecule has 24 heavy (non-hydrogen) atoms. The summed E-state index contributed by atoms with van der Waals surface area (Å²) in [7, 11) is 0. The van der Waals surface area contributed by atoms with E-state index in [1.807, 2.05) is 0 Å². The van der Waals surface area contributed by atoms with Gasteiger partial charge in [0.1, 0.15) is 0 Å². The van der Waals surface area contributed by atoms with Crippen molar-refractivity contribution in [1.82, 2.24) is 13.7 Å². The second-order valence-electron chi connectivity index (χ2n) is 6.27. The van der Waals surface area contributed by atoms with E-state index in [1.165, 1.54) is 34.1 Å². The molecule has 0 spiro atoms. The van der Waals surface area contributed by atoms with Crippen LogP contribution in [0.25, 0.3) is 17.1 Å². The van der Waals surface area contributed by atoms with E-state index in [1.54, 1.807) is 0 Å². The Hall–Kier alpha value is -2.94. The van der Waals surface area contributed by atoms with Crippen molar-refractivity contribution in [3.63, 3.8) is 0 Å². The second-order valence-corrected chi connectivity index (χ2v) is 6.27. The fourth-order valence-corrected chi connectivity index (χ4v) is 3.26. The van der Waals surface area contributed by atoms with Crippen LogP contribution in [0.3, 0.4) is 0 Å². The van der Waals surface area contributed by atoms with Crippen molar-refractivity contribution in [2.75, 3.05) is 0 Å². The summed E-state index contributed by atoms with van der Waals surface area (Å²) < 4.78 is 6.68. The lowest BCUT2D eigenvalue weighted by Gasteiger charge is -2.16. The molecule has 0 radical (unpaired) electrons. The van der Waals surface area contributed by atoms with Crippen LogP contribution in [0.2, 0.25) is 0 Å². The summed E-state index contributed by atoms with van der Waals surface area (Å²) in [4.78, 5) is 0. The third-order valence-electron chi connectivity index (χ3n) is 4.58. The van der Waals surface area contributed by atoms with Gasteiger partial charge in [-0.25, -0.2) is 0 Å². The number of nitrogens with zero attached hydrogens (tertiary/aromatic N) is 3. The van der Waals surface area contributed by atoms with Crippen LogP contribution in [-0.4, -0.2) is 13.7 Å². The molecule has 1 aromatic carbocycles. The maximum Gasteiger partial charge on any atom is 0.0493 e. The first-order valence-electron chi connectivity index (χ1n) is 8.21. The molecule has 0 fully saturated rings. The normalized spacial score (nSPS) is 11.1. The van der Waals surface area contributed by atoms with Gasteiger partial charge in [-0.3, -0.25) is 0 Å². The van der Waals surface area contributed by atoms with E-state index in [0.717, 1.165) is 0 Å². The Morgan fingerprint density at radius 2 is 0.792 bits per heavy atom. The standard InChI is InChI=1S/C21H21N3/c1-16-7-4-10-22(16)19-13-20(23-11-5-8-17(23)2)15-21(14-19)24-12-6-9-18(24)3/h4-15H,1-3H3. The molecule has 0 saturated carbocycles. The summed E-state index contributed by atoms with van der Waals surface area (Å²) in [6.07, 6.45) is 6.34. The van der Waals surface area contributed by atoms with Crippen molar-refractivity contribution in [3.05, 3.63) is 90.3 Å². The average Bonchev–Trinajstić information content (AvgIpc) is 3.28. The minimum Gasteiger partial charge on any atom is -0.321 e. The number of aromatic nitrogens is 3. The lowest BCUT2D eigenvalue weighted by Crippen LogP contribution is -2.03. The predicted molar refractivity (Wildman–Crippen MR) is 98.6 cm³/mol. The summed E-state index contributed by atoms with van der Waals surface area (Å²) in [6, 6.07) is 19.4. The highest BCUT2D eigenvalue weighted by Gasteiger charge is 2.09. The first kappa shape index (κ1) is 14.6. The number of hydrogen-bond donors (Lipinski definition) is 0. The van der Waals surface area contributed by atoms with Gasteiger partial charge in [0.25, 0.3) is 0 Å². The maximum atomic E-state index is 2.24. The molecule has 3 nitrogen and oxygen atoms in total. The van der Waals surface area contributed by atoms with Crippen LogP contribution in [0.1, 0.15) is 17.1 Å². The Balaban J connectivity index is 1.97. The van der Waals surface area contributed by atoms with Crippen molar-refractivity contribution < 1.29 is 0 Å². The zero-order chi connectivity index (χ0) is 16.7. The number of aryl methyl sites for hydroxylation is 3. The lowest BCUT2D eigenvalue weighted by molar-refractivity contribution is 0.957. The van der Waals surface area contributed by atoms with E-state index in [9.17, 15) is 0 Å². The van der Waals surface area contributed by atoms with Crippen LogP contribution in [-0.2, 0) is 0 Å². The highest BCUT2D eigenvalue weighted by molar-refractivity contribution is 5.55. The Kier molecular flexibility index (Phi) is 3.42. The van der Waals surface area contributed by atoms with Gasteiger partial charge in [-0.05, 0) is 75.4 Å². The molecule has 0 unspecified atom stereocenters. The Bertz CT molecular complexity index is 856. The van der Waals surface area contributed by atoms with E-state index >= 15 is 0 Å². The van der Waals surface area contributed by atoms with Gasteiger partial charge in [-0.15, -0.1) is 0 Å². The first-order valence-corrected chi connectivity index (χ1v) is 8.21. The van der Waals surface area contributed by atoms with Gasteiger partial charge in [0.15, 0.2) is 0 Å². The molecular formula is C21H21N3. The van der Waals surface area contributed by atoms with Gasteiger partial charge < -0.3 is 13.7 Å². The average molecular weight is 315 g/mol. The molecule has 0 saturated heterocycles. The first-order chi connectivity index (χ1) is 11.6. The van der Waals surface area contributed by atoms with E-state index in [2.05, 4.69) is 108 Å². The zero-order valence-electron chi connectivity index (χ0n) is 14.3. The molecule has 0 aliphatic carbocycles. The monoisotopic (exact) mass is 315 g/mol. The highest BCUT2D eigenvalue weighted by atomic mass is 15.0. The molecule has 0 aliphatic heterocycles. The second kappa shape index (κ2) is 5.60. The minimum absolute atomic E-state index is 1.17. The number of hydrogen-bond acceptors (Lipinski definition) is 0. The molecule has 3 heterocycles. The van der Waals surface area contributed by atoms with Crippen LogP contribution < -0.4 is 0 Å². The molecule has 4 aromatic rings. The Morgan fingerprint density at radius 3 is 1.00 bits per heavy atom. The van der Waals surface area contributed by atoms with Crippen molar-refractivity contribution in [1.29, 1.82) is 0 Å². The Morgan fingerprint density at radius 1 is 0.500 bits per heavy atom. The van der Waals surface area contributed by atoms with Gasteiger partial charge in [0.05, 0.1) is 0 Å². The molecule has 4 rings (SSSR count). The fraction of sp³-hybridized carbons (Fsp3) is 0.143. The van der Waals surface area contributed by atoms with E-state index < -0.39 is 0 Å². The summed E-state index contributed by atoms with van der Waals surface area (Å²) in [5.74, 6) is 0. The Labute approximate surface area is 142 Å². The number of rotatable bonds is 3. The van der Waals surface area contributed by atoms with Crippen LogP contribution >= 0.6 is 0 Å². The third kappa shape index (κ3) is 2.38. The van der Waals surface area contributed by atoms with Crippen molar-refractivity contribution in [2.24, 2.45) is 0 Å². The largest absolute Gasteiger partial charge is 0.321 e. The van der Waals surface area contributed by atoms with Gasteiger partial charge in [0, 0.05) is 52.7 Å². The SMILES string of the molecule is Cc1cccn1-c1cc(-n2cccc2C)cc(-n2cccc2C)c1. The van der Waals surface area contributed by atoms with Gasteiger partial charge >= 0.3 is 0 Å². The predicted octanol–water partition coefficient (Wildman–Crippen LogP) is 4.98. The smallest absolute Gasteiger partial charge is 0.0493 e. The summed E-state index contributed by atoms with van der Waals surface area (Å²) in [6.45, 7) is 6.40. The third-order valence-corrected chi connectivity index (χ3v) is 4.58. The van der Waals surface area contributed by atoms with E-state index in [4.69, 9.17) is 0 Å². The van der Waals surface area contributed by atoms with Crippen molar-refractivity contribution in [2.45, 2.75) is 20.8 Å². The molecule has 0 bridgehead atoms. The van der Waals surface area contributed by atoms with Crippen LogP contribution in [0.5, 0.6) is 0 Å². The summed E-state index contributed by atoms with van der Waals surface area (Å²) >= 11 is 0. The van der Waals surface area contributed by atoms with Crippen LogP contribution in [0.15, 0.2) is 73.2 Å². The zero-order valence-corrected chi connectivity index (χ0v) is 14.3. The molecule has 3 heteroatoms. The van der Waals surface area contributed by atoms with Crippen LogP contribution in [0.4, 0.5) is 0 Å². The van der Waals surface area contributed by atoms with Gasteiger partial charge in [-0.2, -0.15) is 0 Å². The van der Waals surface area contributed by atoms with E-state index in [0.29, 0.717) is 0 Å². The molecule has 3 aromatic heterocycles. The van der Waals surface area contributed by atoms with E-state index in [-0.39, 0.29) is 0 Å². The topological polar surface area (TPSA) is 14.8 Å². The van der Waals surface area contributed by atoms with Gasteiger partial charge in [-0.1, -0.05) is 0 Å². The molecule has 0 N–H and O–H groups in total. The minimum atomic E-state index is 1.17. The molecule has 0 atom stereocenters. The molecular weight excluding hydrogens is 294 g/mol. The lowest BCUT2D eigenvalue weighted by atomic mass is 10.2. The van der Waals surface area contributed by atoms with Crippen molar-refractivity contribution in [3.8, 4) is 17.1 Å². The van der Waals surface area contributed by atoms with Gasteiger partial charge in [0.2, 0.25) is 0 Å². The summed E-state index contributed by atoms with van der Waals surface area (Å²) in [5, 5.41) is 0. The molecule has 0 amide bonds. The fourth-order valence-electron chi connectivity index (χ4n) is 3.26. The van der Waals surface area contributed by atoms with Crippen LogP contribution in [0, 0.1) is 20.8 Å². The van der Waals surface area contributed by atoms with Crippen molar-refractivity contribution >= 4 is 0 Å².